The van der Waals surface area contributed by atoms with Gasteiger partial charge in [-0.05, 0) is 0 Å². The maximum absolute atomic E-state index is 13.9. The second-order valence-electron chi connectivity index (χ2n) is 4.17. The van der Waals surface area contributed by atoms with Gasteiger partial charge in [-0.2, -0.15) is 5.10 Å². The van der Waals surface area contributed by atoms with Crippen molar-refractivity contribution in [2.45, 2.75) is 0 Å². The van der Waals surface area contributed by atoms with Gasteiger partial charge in [-0.3, -0.25) is 4.68 Å². The second kappa shape index (κ2) is 3.98. The number of rotatable bonds is 2. The monoisotopic (exact) mass is 261 g/mol. The summed E-state index contributed by atoms with van der Waals surface area (Å²) in [5.41, 5.74) is 7.13. The van der Waals surface area contributed by atoms with E-state index < -0.39 is 5.82 Å². The van der Waals surface area contributed by atoms with Crippen LogP contribution in [-0.4, -0.2) is 26.9 Å². The number of nitrogens with one attached hydrogen (secondary N) is 1. The van der Waals surface area contributed by atoms with Crippen molar-refractivity contribution >= 4 is 16.9 Å². The first-order valence-electron chi connectivity index (χ1n) is 5.61. The minimum Gasteiger partial charge on any atom is -0.497 e. The van der Waals surface area contributed by atoms with E-state index in [4.69, 9.17) is 10.5 Å². The van der Waals surface area contributed by atoms with Crippen LogP contribution in [0.5, 0.6) is 5.75 Å². The molecule has 0 bridgehead atoms. The Labute approximate surface area is 108 Å². The van der Waals surface area contributed by atoms with Gasteiger partial charge in [0.1, 0.15) is 22.8 Å². The van der Waals surface area contributed by atoms with Gasteiger partial charge in [-0.15, -0.1) is 0 Å². The summed E-state index contributed by atoms with van der Waals surface area (Å²) in [6.45, 7) is 0. The maximum atomic E-state index is 13.9. The zero-order valence-electron chi connectivity index (χ0n) is 10.4. The quantitative estimate of drug-likeness (QED) is 0.735. The second-order valence-corrected chi connectivity index (χ2v) is 4.17. The van der Waals surface area contributed by atoms with Crippen LogP contribution in [0.3, 0.4) is 0 Å². The zero-order valence-corrected chi connectivity index (χ0v) is 10.4. The van der Waals surface area contributed by atoms with Gasteiger partial charge >= 0.3 is 0 Å². The van der Waals surface area contributed by atoms with Gasteiger partial charge in [0.25, 0.3) is 0 Å². The van der Waals surface area contributed by atoms with Crippen molar-refractivity contribution in [1.29, 1.82) is 0 Å². The van der Waals surface area contributed by atoms with Gasteiger partial charge in [0.2, 0.25) is 0 Å². The van der Waals surface area contributed by atoms with Gasteiger partial charge in [-0.25, -0.2) is 9.37 Å². The number of imidazole rings is 1. The third-order valence-corrected chi connectivity index (χ3v) is 2.90. The van der Waals surface area contributed by atoms with E-state index in [1.807, 2.05) is 0 Å². The van der Waals surface area contributed by atoms with Crippen LogP contribution in [0.15, 0.2) is 18.2 Å². The molecule has 0 aliphatic carbocycles. The molecule has 0 fully saturated rings. The number of nitrogens with two attached hydrogens (primary N) is 1. The third kappa shape index (κ3) is 1.79. The molecule has 3 N–H and O–H groups in total. The molecule has 7 heteroatoms. The molecular weight excluding hydrogens is 249 g/mol. The summed E-state index contributed by atoms with van der Waals surface area (Å²) in [7, 11) is 3.23. The highest BCUT2D eigenvalue weighted by molar-refractivity contribution is 5.81. The highest BCUT2D eigenvalue weighted by Crippen LogP contribution is 2.26. The minimum atomic E-state index is -0.414. The van der Waals surface area contributed by atoms with E-state index in [1.165, 1.54) is 13.2 Å². The number of nitrogens with zero attached hydrogens (tertiary/aromatic N) is 3. The summed E-state index contributed by atoms with van der Waals surface area (Å²) < 4.78 is 20.5. The highest BCUT2D eigenvalue weighted by Gasteiger charge is 2.14. The molecule has 2 aromatic heterocycles. The number of nitrogen functional groups attached to an aromatic ring is 1. The molecule has 0 aliphatic heterocycles. The van der Waals surface area contributed by atoms with Gasteiger partial charge < -0.3 is 15.5 Å². The lowest BCUT2D eigenvalue weighted by Gasteiger charge is -1.98. The van der Waals surface area contributed by atoms with E-state index in [-0.39, 0.29) is 0 Å². The van der Waals surface area contributed by atoms with Crippen LogP contribution in [0, 0.1) is 5.82 Å². The minimum absolute atomic E-state index is 0.329. The van der Waals surface area contributed by atoms with Crippen LogP contribution in [0.1, 0.15) is 0 Å². The Morgan fingerprint density at radius 1 is 1.37 bits per heavy atom. The van der Waals surface area contributed by atoms with Crippen LogP contribution in [0.2, 0.25) is 0 Å². The van der Waals surface area contributed by atoms with Crippen molar-refractivity contribution in [1.82, 2.24) is 19.7 Å². The molecule has 19 heavy (non-hydrogen) atoms. The number of methoxy groups -OCH3 is 1. The predicted octanol–water partition coefficient (Wildman–Crippen LogP) is 1.69. The fourth-order valence-corrected chi connectivity index (χ4v) is 2.00. The van der Waals surface area contributed by atoms with Gasteiger partial charge in [-0.1, -0.05) is 0 Å². The average molecular weight is 261 g/mol. The number of H-pyrrole nitrogens is 1. The molecule has 2 heterocycles. The number of aromatic amines is 1. The Hall–Kier alpha value is -2.57. The van der Waals surface area contributed by atoms with Crippen molar-refractivity contribution < 1.29 is 9.13 Å². The van der Waals surface area contributed by atoms with Crippen LogP contribution in [0.25, 0.3) is 22.6 Å². The number of fused-ring (bicyclic) bond motifs is 1. The third-order valence-electron chi connectivity index (χ3n) is 2.90. The molecule has 0 amide bonds. The smallest absolute Gasteiger partial charge is 0.156 e. The fourth-order valence-electron chi connectivity index (χ4n) is 2.00. The summed E-state index contributed by atoms with van der Waals surface area (Å²) in [6, 6.07) is 4.65. The number of hydrogen-bond donors (Lipinski definition) is 2. The van der Waals surface area contributed by atoms with Crippen molar-refractivity contribution in [2.75, 3.05) is 12.8 Å². The molecule has 1 aromatic carbocycles. The molecule has 0 unspecified atom stereocenters. The lowest BCUT2D eigenvalue weighted by molar-refractivity contribution is 0.412. The van der Waals surface area contributed by atoms with Crippen LogP contribution in [-0.2, 0) is 7.05 Å². The van der Waals surface area contributed by atoms with E-state index in [0.29, 0.717) is 34.1 Å². The lowest BCUT2D eigenvalue weighted by Crippen LogP contribution is -1.95. The van der Waals surface area contributed by atoms with Crippen molar-refractivity contribution in [3.63, 3.8) is 0 Å². The summed E-state index contributed by atoms with van der Waals surface area (Å²) in [5.74, 6) is 0.903. The molecule has 3 aromatic rings. The first kappa shape index (κ1) is 11.5. The molecule has 0 saturated carbocycles. The number of halogens is 1. The van der Waals surface area contributed by atoms with E-state index in [1.54, 1.807) is 23.9 Å². The largest absolute Gasteiger partial charge is 0.497 e. The first-order chi connectivity index (χ1) is 9.08. The normalized spacial score (nSPS) is 11.1. The molecule has 0 atom stereocenters. The number of aromatic nitrogens is 4. The summed E-state index contributed by atoms with van der Waals surface area (Å²) in [4.78, 5) is 7.26. The van der Waals surface area contributed by atoms with E-state index in [0.717, 1.165) is 0 Å². The molecule has 0 saturated heterocycles. The standard InChI is InChI=1S/C12H12FN5O/c1-18-9(5-10(14)17-18)12-15-8-4-6(19-2)3-7(13)11(8)16-12/h3-5H,1-2H3,(H2,14,17)(H,15,16). The number of anilines is 1. The van der Waals surface area contributed by atoms with E-state index >= 15 is 0 Å². The fraction of sp³-hybridized carbons (Fsp3) is 0.167. The summed E-state index contributed by atoms with van der Waals surface area (Å²) >= 11 is 0. The van der Waals surface area contributed by atoms with Gasteiger partial charge in [0.15, 0.2) is 11.6 Å². The Balaban J connectivity index is 2.21. The average Bonchev–Trinajstić information content (AvgIpc) is 2.92. The lowest BCUT2D eigenvalue weighted by atomic mass is 10.3. The molecular formula is C12H12FN5O. The number of benzene rings is 1. The first-order valence-corrected chi connectivity index (χ1v) is 5.61. The van der Waals surface area contributed by atoms with Gasteiger partial charge in [0.05, 0.1) is 12.6 Å². The van der Waals surface area contributed by atoms with Gasteiger partial charge in [0, 0.05) is 25.2 Å². The zero-order chi connectivity index (χ0) is 13.6. The molecule has 0 aliphatic rings. The predicted molar refractivity (Wildman–Crippen MR) is 69.2 cm³/mol. The Kier molecular flexibility index (Phi) is 2.41. The Morgan fingerprint density at radius 3 is 2.79 bits per heavy atom. The summed E-state index contributed by atoms with van der Waals surface area (Å²) in [6.07, 6.45) is 0. The van der Waals surface area contributed by atoms with Crippen LogP contribution >= 0.6 is 0 Å². The number of hydrogen-bond acceptors (Lipinski definition) is 4. The SMILES string of the molecule is COc1cc(F)c2[nH]c(-c3cc(N)nn3C)nc2c1. The van der Waals surface area contributed by atoms with Crippen molar-refractivity contribution in [3.05, 3.63) is 24.0 Å². The van der Waals surface area contributed by atoms with Crippen molar-refractivity contribution in [3.8, 4) is 17.3 Å². The van der Waals surface area contributed by atoms with Crippen LogP contribution in [0.4, 0.5) is 10.2 Å². The van der Waals surface area contributed by atoms with E-state index in [2.05, 4.69) is 15.1 Å². The molecule has 98 valence electrons. The number of ether oxygens (including phenoxy) is 1. The van der Waals surface area contributed by atoms with E-state index in [9.17, 15) is 4.39 Å². The number of aryl methyl sites for hydroxylation is 1. The Morgan fingerprint density at radius 2 is 2.16 bits per heavy atom. The molecule has 0 spiro atoms. The highest BCUT2D eigenvalue weighted by atomic mass is 19.1. The summed E-state index contributed by atoms with van der Waals surface area (Å²) in [5, 5.41) is 4.03. The van der Waals surface area contributed by atoms with Crippen LogP contribution < -0.4 is 10.5 Å². The van der Waals surface area contributed by atoms with Crippen molar-refractivity contribution in [2.24, 2.45) is 7.05 Å². The Bertz CT molecular complexity index is 761. The molecule has 6 nitrogen and oxygen atoms in total. The molecule has 0 radical (unpaired) electrons. The maximum Gasteiger partial charge on any atom is 0.156 e. The topological polar surface area (TPSA) is 81.8 Å². The molecule has 3 rings (SSSR count).